The van der Waals surface area contributed by atoms with E-state index in [1.807, 2.05) is 0 Å². The van der Waals surface area contributed by atoms with Gasteiger partial charge in [-0.3, -0.25) is 14.6 Å². The number of benzene rings is 2. The number of methoxy groups -OCH3 is 2. The maximum atomic E-state index is 14.8. The van der Waals surface area contributed by atoms with Gasteiger partial charge in [-0.25, -0.2) is 13.8 Å². The largest absolute Gasteiger partial charge is 0.497 e. The van der Waals surface area contributed by atoms with E-state index in [2.05, 4.69) is 9.97 Å². The van der Waals surface area contributed by atoms with Crippen LogP contribution < -0.4 is 14.8 Å². The number of rotatable bonds is 9. The Kier molecular flexibility index (Phi) is 8.47. The molecule has 1 aliphatic heterocycles. The van der Waals surface area contributed by atoms with Crippen LogP contribution in [0.3, 0.4) is 0 Å². The average Bonchev–Trinajstić information content (AvgIpc) is 3.30. The lowest BCUT2D eigenvalue weighted by Crippen LogP contribution is -2.33. The number of hydrogen-bond donors (Lipinski definition) is 1. The van der Waals surface area contributed by atoms with Crippen molar-refractivity contribution in [2.45, 2.75) is 25.7 Å². The molecule has 44 heavy (non-hydrogen) atoms. The first-order chi connectivity index (χ1) is 21.0. The van der Waals surface area contributed by atoms with Gasteiger partial charge in [0, 0.05) is 29.9 Å². The molecule has 2 aromatic carbocycles. The fraction of sp³-hybridized carbons (Fsp3) is 0.226. The van der Waals surface area contributed by atoms with E-state index in [1.54, 1.807) is 23.5 Å². The second-order valence-corrected chi connectivity index (χ2v) is 9.94. The van der Waals surface area contributed by atoms with Crippen LogP contribution in [0, 0.1) is 11.6 Å². The Morgan fingerprint density at radius 2 is 1.73 bits per heavy atom. The summed E-state index contributed by atoms with van der Waals surface area (Å²) >= 11 is 0. The van der Waals surface area contributed by atoms with Crippen LogP contribution in [0.5, 0.6) is 11.5 Å². The molecular weight excluding hydrogens is 587 g/mol. The van der Waals surface area contributed by atoms with Crippen LogP contribution in [0.1, 0.15) is 43.2 Å². The average molecular weight is 613 g/mol. The number of nitrogens with one attached hydrogen (secondary N) is 1. The zero-order valence-corrected chi connectivity index (χ0v) is 23.5. The molecule has 0 bridgehead atoms. The van der Waals surface area contributed by atoms with Gasteiger partial charge < -0.3 is 19.7 Å². The lowest BCUT2D eigenvalue weighted by molar-refractivity contribution is -0.123. The van der Waals surface area contributed by atoms with E-state index in [1.165, 1.54) is 43.4 Å². The Labute approximate surface area is 248 Å². The van der Waals surface area contributed by atoms with Gasteiger partial charge in [0.2, 0.25) is 0 Å². The number of amides is 2. The predicted octanol–water partition coefficient (Wildman–Crippen LogP) is 5.48. The zero-order valence-electron chi connectivity index (χ0n) is 23.5. The number of aromatic nitrogens is 2. The van der Waals surface area contributed by atoms with Crippen LogP contribution in [0.25, 0.3) is 11.3 Å². The van der Waals surface area contributed by atoms with E-state index in [0.717, 1.165) is 18.3 Å². The number of carbonyl (C=O) groups excluding carboxylic acids is 2. The van der Waals surface area contributed by atoms with E-state index < -0.39 is 30.3 Å². The van der Waals surface area contributed by atoms with Gasteiger partial charge in [0.15, 0.2) is 0 Å². The number of carbonyl (C=O) groups is 2. The zero-order chi connectivity index (χ0) is 31.6. The van der Waals surface area contributed by atoms with Crippen molar-refractivity contribution < 1.29 is 41.0 Å². The molecule has 0 spiro atoms. The monoisotopic (exact) mass is 612 g/mol. The van der Waals surface area contributed by atoms with Gasteiger partial charge in [-0.05, 0) is 48.0 Å². The van der Waals surface area contributed by atoms with Crippen molar-refractivity contribution in [3.63, 3.8) is 0 Å². The fourth-order valence-corrected chi connectivity index (χ4v) is 4.91. The summed E-state index contributed by atoms with van der Waals surface area (Å²) in [5.41, 5.74) is 1.50. The SMILES string of the molecule is COc1ccc(CN2Cc3nc(-c4c(F)cccc4F)cc(Cc4ccc(C(=O)NCC(F)(F)F)cn4)c3C2=O)c(OC)c1. The first-order valence-corrected chi connectivity index (χ1v) is 13.2. The fourth-order valence-electron chi connectivity index (χ4n) is 4.91. The minimum Gasteiger partial charge on any atom is -0.497 e. The highest BCUT2D eigenvalue weighted by molar-refractivity contribution is 6.00. The van der Waals surface area contributed by atoms with Crippen LogP contribution in [0.15, 0.2) is 60.8 Å². The number of halogens is 5. The number of ether oxygens (including phenoxy) is 2. The molecule has 2 amide bonds. The third kappa shape index (κ3) is 6.46. The molecule has 0 saturated heterocycles. The number of pyridine rings is 2. The molecule has 0 atom stereocenters. The second-order valence-electron chi connectivity index (χ2n) is 9.94. The molecule has 1 N–H and O–H groups in total. The molecule has 4 aromatic rings. The highest BCUT2D eigenvalue weighted by Crippen LogP contribution is 2.34. The molecule has 0 fully saturated rings. The van der Waals surface area contributed by atoms with Crippen LogP contribution in [0.4, 0.5) is 22.0 Å². The van der Waals surface area contributed by atoms with Gasteiger partial charge >= 0.3 is 6.18 Å². The summed E-state index contributed by atoms with van der Waals surface area (Å²) in [6.45, 7) is -1.30. The Bertz CT molecular complexity index is 1710. The van der Waals surface area contributed by atoms with Crippen LogP contribution >= 0.6 is 0 Å². The van der Waals surface area contributed by atoms with Gasteiger partial charge in [0.05, 0.1) is 55.4 Å². The maximum absolute atomic E-state index is 14.8. The van der Waals surface area contributed by atoms with Gasteiger partial charge in [-0.2, -0.15) is 13.2 Å². The maximum Gasteiger partial charge on any atom is 0.405 e. The van der Waals surface area contributed by atoms with Crippen molar-refractivity contribution in [3.05, 3.63) is 106 Å². The summed E-state index contributed by atoms with van der Waals surface area (Å²) in [7, 11) is 3.01. The molecule has 0 radical (unpaired) electrons. The molecule has 3 heterocycles. The number of alkyl halides is 3. The molecule has 8 nitrogen and oxygen atoms in total. The number of hydrogen-bond acceptors (Lipinski definition) is 6. The molecular formula is C31H25F5N4O4. The molecule has 0 saturated carbocycles. The lowest BCUT2D eigenvalue weighted by atomic mass is 9.98. The molecule has 228 valence electrons. The van der Waals surface area contributed by atoms with E-state index in [4.69, 9.17) is 9.47 Å². The Morgan fingerprint density at radius 3 is 2.36 bits per heavy atom. The normalized spacial score (nSPS) is 12.7. The van der Waals surface area contributed by atoms with Crippen molar-refractivity contribution in [1.82, 2.24) is 20.2 Å². The minimum atomic E-state index is -4.57. The third-order valence-corrected chi connectivity index (χ3v) is 7.00. The molecule has 13 heteroatoms. The Hall–Kier alpha value is -5.07. The Morgan fingerprint density at radius 1 is 0.977 bits per heavy atom. The Balaban J connectivity index is 1.48. The number of fused-ring (bicyclic) bond motifs is 1. The van der Waals surface area contributed by atoms with Crippen molar-refractivity contribution in [2.75, 3.05) is 20.8 Å². The van der Waals surface area contributed by atoms with Gasteiger partial charge in [0.25, 0.3) is 11.8 Å². The quantitative estimate of drug-likeness (QED) is 0.252. The predicted molar refractivity (Wildman–Crippen MR) is 148 cm³/mol. The van der Waals surface area contributed by atoms with Gasteiger partial charge in [0.1, 0.15) is 29.7 Å². The van der Waals surface area contributed by atoms with Crippen LogP contribution in [-0.4, -0.2) is 53.6 Å². The number of nitrogens with zero attached hydrogens (tertiary/aromatic N) is 3. The third-order valence-electron chi connectivity index (χ3n) is 7.00. The minimum absolute atomic E-state index is 0.00378. The van der Waals surface area contributed by atoms with E-state index >= 15 is 0 Å². The van der Waals surface area contributed by atoms with Crippen molar-refractivity contribution >= 4 is 11.8 Å². The second kappa shape index (κ2) is 12.3. The topological polar surface area (TPSA) is 93.6 Å². The standard InChI is InChI=1S/C31H25F5N4O4/c1-43-21-9-7-18(26(12-21)44-2)14-40-15-25-27(30(40)42)19(11-24(39-25)28-22(32)4-3-5-23(28)33)10-20-8-6-17(13-37-20)29(41)38-16-31(34,35)36/h3-9,11-13H,10,14-16H2,1-2H3,(H,38,41). The van der Waals surface area contributed by atoms with Crippen molar-refractivity contribution in [2.24, 2.45) is 0 Å². The summed E-state index contributed by atoms with van der Waals surface area (Å²) in [6.07, 6.45) is -3.45. The summed E-state index contributed by atoms with van der Waals surface area (Å²) in [4.78, 5) is 36.0. The first-order valence-electron chi connectivity index (χ1n) is 13.2. The van der Waals surface area contributed by atoms with Gasteiger partial charge in [-0.1, -0.05) is 6.07 Å². The van der Waals surface area contributed by atoms with Crippen LogP contribution in [-0.2, 0) is 19.5 Å². The van der Waals surface area contributed by atoms with Crippen LogP contribution in [0.2, 0.25) is 0 Å². The molecule has 1 aliphatic rings. The smallest absolute Gasteiger partial charge is 0.405 e. The molecule has 0 aliphatic carbocycles. The van der Waals surface area contributed by atoms with E-state index in [9.17, 15) is 31.5 Å². The van der Waals surface area contributed by atoms with Crippen molar-refractivity contribution in [3.8, 4) is 22.8 Å². The molecule has 5 rings (SSSR count). The highest BCUT2D eigenvalue weighted by Gasteiger charge is 2.33. The summed E-state index contributed by atoms with van der Waals surface area (Å²) in [6, 6.07) is 12.8. The van der Waals surface area contributed by atoms with E-state index in [0.29, 0.717) is 34.0 Å². The summed E-state index contributed by atoms with van der Waals surface area (Å²) in [5.74, 6) is -1.93. The van der Waals surface area contributed by atoms with Gasteiger partial charge in [-0.15, -0.1) is 0 Å². The molecule has 0 unspecified atom stereocenters. The lowest BCUT2D eigenvalue weighted by Gasteiger charge is -2.18. The first kappa shape index (κ1) is 30.4. The highest BCUT2D eigenvalue weighted by atomic mass is 19.4. The summed E-state index contributed by atoms with van der Waals surface area (Å²) < 4.78 is 77.7. The van der Waals surface area contributed by atoms with E-state index in [-0.39, 0.29) is 47.8 Å². The summed E-state index contributed by atoms with van der Waals surface area (Å²) in [5, 5.41) is 1.77. The molecule has 2 aromatic heterocycles. The van der Waals surface area contributed by atoms with Crippen molar-refractivity contribution in [1.29, 1.82) is 0 Å².